The highest BCUT2D eigenvalue weighted by Gasteiger charge is 2.23. The Morgan fingerprint density at radius 3 is 2.94 bits per heavy atom. The van der Waals surface area contributed by atoms with Crippen LogP contribution in [0, 0.1) is 12.7 Å². The van der Waals surface area contributed by atoms with E-state index >= 15 is 0 Å². The van der Waals surface area contributed by atoms with Crippen molar-refractivity contribution in [1.82, 2.24) is 25.4 Å². The maximum Gasteiger partial charge on any atom is 0.191 e. The van der Waals surface area contributed by atoms with E-state index in [2.05, 4.69) is 34.6 Å². The van der Waals surface area contributed by atoms with Gasteiger partial charge in [0.25, 0.3) is 0 Å². The number of nitrogens with one attached hydrogen (secondary N) is 2. The second-order valence-electron chi connectivity index (χ2n) is 8.09. The Bertz CT molecular complexity index is 1070. The van der Waals surface area contributed by atoms with Crippen molar-refractivity contribution in [1.29, 1.82) is 0 Å². The SMILES string of the molecule is CCNC(=NCc1oc2ccc(F)cc2c1C)NC1CCc2nc(C(C)C)nn2C1.I. The number of aromatic nitrogens is 3. The lowest BCUT2D eigenvalue weighted by Crippen LogP contribution is -2.47. The fourth-order valence-corrected chi connectivity index (χ4v) is 3.75. The molecule has 2 aromatic heterocycles. The summed E-state index contributed by atoms with van der Waals surface area (Å²) in [7, 11) is 0. The molecule has 2 N–H and O–H groups in total. The first kappa shape index (κ1) is 23.5. The van der Waals surface area contributed by atoms with E-state index in [1.807, 2.05) is 18.5 Å². The van der Waals surface area contributed by atoms with Crippen LogP contribution in [0.25, 0.3) is 11.0 Å². The monoisotopic (exact) mass is 540 g/mol. The number of aryl methyl sites for hydroxylation is 2. The van der Waals surface area contributed by atoms with Crippen molar-refractivity contribution in [3.8, 4) is 0 Å². The highest BCUT2D eigenvalue weighted by Crippen LogP contribution is 2.26. The minimum atomic E-state index is -0.262. The van der Waals surface area contributed by atoms with E-state index in [1.54, 1.807) is 6.07 Å². The highest BCUT2D eigenvalue weighted by atomic mass is 127. The molecule has 1 atom stereocenters. The van der Waals surface area contributed by atoms with Crippen molar-refractivity contribution in [2.24, 2.45) is 4.99 Å². The Hall–Kier alpha value is -2.17. The summed E-state index contributed by atoms with van der Waals surface area (Å²) in [5, 5.41) is 12.3. The summed E-state index contributed by atoms with van der Waals surface area (Å²) in [5.41, 5.74) is 1.61. The summed E-state index contributed by atoms with van der Waals surface area (Å²) in [6.07, 6.45) is 1.87. The van der Waals surface area contributed by atoms with Crippen molar-refractivity contribution < 1.29 is 8.81 Å². The maximum atomic E-state index is 13.6. The van der Waals surface area contributed by atoms with E-state index in [1.165, 1.54) is 12.1 Å². The molecule has 0 fully saturated rings. The van der Waals surface area contributed by atoms with Crippen LogP contribution in [0.15, 0.2) is 27.6 Å². The van der Waals surface area contributed by atoms with Gasteiger partial charge < -0.3 is 15.1 Å². The Morgan fingerprint density at radius 2 is 2.19 bits per heavy atom. The normalized spacial score (nSPS) is 16.3. The third-order valence-corrected chi connectivity index (χ3v) is 5.45. The molecule has 1 aliphatic rings. The number of nitrogens with zero attached hydrogens (tertiary/aromatic N) is 4. The smallest absolute Gasteiger partial charge is 0.191 e. The van der Waals surface area contributed by atoms with Crippen LogP contribution in [-0.2, 0) is 19.5 Å². The number of guanidine groups is 1. The lowest BCUT2D eigenvalue weighted by atomic mass is 10.1. The molecule has 1 unspecified atom stereocenters. The number of halogens is 2. The van der Waals surface area contributed by atoms with Crippen LogP contribution in [0.5, 0.6) is 0 Å². The van der Waals surface area contributed by atoms with Gasteiger partial charge >= 0.3 is 0 Å². The highest BCUT2D eigenvalue weighted by molar-refractivity contribution is 14.0. The van der Waals surface area contributed by atoms with E-state index in [-0.39, 0.29) is 35.8 Å². The molecule has 168 valence electrons. The second-order valence-corrected chi connectivity index (χ2v) is 8.09. The molecule has 3 heterocycles. The van der Waals surface area contributed by atoms with Gasteiger partial charge in [-0.05, 0) is 38.5 Å². The Kier molecular flexibility index (Phi) is 7.55. The van der Waals surface area contributed by atoms with E-state index in [9.17, 15) is 4.39 Å². The fraction of sp³-hybridized carbons (Fsp3) is 0.500. The lowest BCUT2D eigenvalue weighted by Gasteiger charge is -2.25. The third kappa shape index (κ3) is 5.19. The van der Waals surface area contributed by atoms with Gasteiger partial charge in [0.1, 0.15) is 29.5 Å². The van der Waals surface area contributed by atoms with Gasteiger partial charge in [-0.25, -0.2) is 19.0 Å². The molecule has 7 nitrogen and oxygen atoms in total. The average molecular weight is 540 g/mol. The minimum Gasteiger partial charge on any atom is -0.459 e. The quantitative estimate of drug-likeness (QED) is 0.287. The summed E-state index contributed by atoms with van der Waals surface area (Å²) < 4.78 is 21.5. The number of furan rings is 1. The summed E-state index contributed by atoms with van der Waals surface area (Å²) in [4.78, 5) is 9.36. The first-order chi connectivity index (χ1) is 14.4. The van der Waals surface area contributed by atoms with Crippen LogP contribution in [0.3, 0.4) is 0 Å². The fourth-order valence-electron chi connectivity index (χ4n) is 3.75. The summed E-state index contributed by atoms with van der Waals surface area (Å²) in [6, 6.07) is 4.81. The van der Waals surface area contributed by atoms with Crippen LogP contribution < -0.4 is 10.6 Å². The van der Waals surface area contributed by atoms with Crippen LogP contribution in [0.2, 0.25) is 0 Å². The molecular weight excluding hydrogens is 510 g/mol. The van der Waals surface area contributed by atoms with Gasteiger partial charge in [-0.1, -0.05) is 13.8 Å². The van der Waals surface area contributed by atoms with Crippen molar-refractivity contribution in [3.05, 3.63) is 47.0 Å². The summed E-state index contributed by atoms with van der Waals surface area (Å²) in [5.74, 6) is 3.51. The molecule has 0 aliphatic carbocycles. The maximum absolute atomic E-state index is 13.6. The molecule has 1 aliphatic heterocycles. The van der Waals surface area contributed by atoms with Gasteiger partial charge in [-0.15, -0.1) is 24.0 Å². The second kappa shape index (κ2) is 9.97. The first-order valence-corrected chi connectivity index (χ1v) is 10.6. The van der Waals surface area contributed by atoms with Crippen LogP contribution >= 0.6 is 24.0 Å². The minimum absolute atomic E-state index is 0. The van der Waals surface area contributed by atoms with Gasteiger partial charge in [-0.2, -0.15) is 5.10 Å². The van der Waals surface area contributed by atoms with Gasteiger partial charge in [0, 0.05) is 35.9 Å². The van der Waals surface area contributed by atoms with Gasteiger partial charge in [0.05, 0.1) is 6.54 Å². The van der Waals surface area contributed by atoms with Crippen molar-refractivity contribution >= 4 is 40.9 Å². The van der Waals surface area contributed by atoms with E-state index < -0.39 is 0 Å². The number of benzene rings is 1. The van der Waals surface area contributed by atoms with Gasteiger partial charge in [0.2, 0.25) is 0 Å². The van der Waals surface area contributed by atoms with Crippen molar-refractivity contribution in [2.75, 3.05) is 6.54 Å². The van der Waals surface area contributed by atoms with Gasteiger partial charge in [-0.3, -0.25) is 0 Å². The van der Waals surface area contributed by atoms with Crippen molar-refractivity contribution in [2.45, 2.75) is 65.6 Å². The Labute approximate surface area is 198 Å². The van der Waals surface area contributed by atoms with Crippen LogP contribution in [0.4, 0.5) is 4.39 Å². The molecule has 1 aromatic carbocycles. The van der Waals surface area contributed by atoms with E-state index in [0.717, 1.165) is 60.2 Å². The van der Waals surface area contributed by atoms with E-state index in [4.69, 9.17) is 9.41 Å². The topological polar surface area (TPSA) is 80.3 Å². The number of hydrogen-bond acceptors (Lipinski definition) is 4. The molecule has 4 rings (SSSR count). The molecule has 0 saturated carbocycles. The molecule has 0 bridgehead atoms. The molecule has 9 heteroatoms. The zero-order chi connectivity index (χ0) is 21.3. The molecule has 0 radical (unpaired) electrons. The number of rotatable bonds is 5. The zero-order valence-corrected chi connectivity index (χ0v) is 20.7. The molecule has 0 saturated heterocycles. The van der Waals surface area contributed by atoms with Crippen LogP contribution in [0.1, 0.15) is 56.1 Å². The predicted octanol–water partition coefficient (Wildman–Crippen LogP) is 4.28. The van der Waals surface area contributed by atoms with Gasteiger partial charge in [0.15, 0.2) is 11.8 Å². The number of hydrogen-bond donors (Lipinski definition) is 2. The Balaban J connectivity index is 0.00000272. The largest absolute Gasteiger partial charge is 0.459 e. The molecule has 0 spiro atoms. The number of fused-ring (bicyclic) bond motifs is 2. The standard InChI is InChI=1S/C22H29FN6O.HI/c1-5-24-22(25-11-19-14(4)17-10-15(23)6-8-18(17)30-19)26-16-7-9-20-27-21(13(2)3)28-29(20)12-16;/h6,8,10,13,16H,5,7,9,11-12H2,1-4H3,(H2,24,25,26);1H. The van der Waals surface area contributed by atoms with Crippen LogP contribution in [-0.4, -0.2) is 33.3 Å². The Morgan fingerprint density at radius 1 is 1.39 bits per heavy atom. The molecule has 0 amide bonds. The molecule has 31 heavy (non-hydrogen) atoms. The molecule has 3 aromatic rings. The summed E-state index contributed by atoms with van der Waals surface area (Å²) in [6.45, 7) is 10.1. The average Bonchev–Trinajstić information content (AvgIpc) is 3.28. The van der Waals surface area contributed by atoms with E-state index in [0.29, 0.717) is 18.0 Å². The third-order valence-electron chi connectivity index (χ3n) is 5.45. The lowest BCUT2D eigenvalue weighted by molar-refractivity contribution is 0.391. The zero-order valence-electron chi connectivity index (χ0n) is 18.4. The number of aliphatic imine (C=N–C) groups is 1. The first-order valence-electron chi connectivity index (χ1n) is 10.6. The van der Waals surface area contributed by atoms with Crippen molar-refractivity contribution in [3.63, 3.8) is 0 Å². The molecular formula is C22H30FIN6O. The summed E-state index contributed by atoms with van der Waals surface area (Å²) >= 11 is 0. The predicted molar refractivity (Wildman–Crippen MR) is 130 cm³/mol.